The Labute approximate surface area is 141 Å². The number of methoxy groups -OCH3 is 1. The summed E-state index contributed by atoms with van der Waals surface area (Å²) in [6, 6.07) is 7.60. The second-order valence-corrected chi connectivity index (χ2v) is 5.80. The molecule has 1 aromatic heterocycles. The van der Waals surface area contributed by atoms with Crippen molar-refractivity contribution in [1.29, 1.82) is 0 Å². The van der Waals surface area contributed by atoms with Crippen LogP contribution in [-0.4, -0.2) is 36.1 Å². The van der Waals surface area contributed by atoms with Crippen molar-refractivity contribution in [2.24, 2.45) is 0 Å². The molecule has 1 aliphatic rings. The molecule has 1 amide bonds. The van der Waals surface area contributed by atoms with E-state index >= 15 is 0 Å². The van der Waals surface area contributed by atoms with Crippen LogP contribution in [0.25, 0.3) is 0 Å². The fraction of sp³-hybridized carbons (Fsp3) is 0.389. The average Bonchev–Trinajstić information content (AvgIpc) is 2.67. The molecular weight excluding hydrogens is 304 g/mol. The van der Waals surface area contributed by atoms with Crippen molar-refractivity contribution in [2.45, 2.75) is 25.8 Å². The van der Waals surface area contributed by atoms with Crippen molar-refractivity contribution in [2.75, 3.05) is 25.1 Å². The van der Waals surface area contributed by atoms with Crippen LogP contribution >= 0.6 is 0 Å². The summed E-state index contributed by atoms with van der Waals surface area (Å²) >= 11 is 0. The highest BCUT2D eigenvalue weighted by atomic mass is 16.5. The lowest BCUT2D eigenvalue weighted by atomic mass is 10.1. The number of hydrogen-bond donors (Lipinski definition) is 1. The maximum atomic E-state index is 12.2. The van der Waals surface area contributed by atoms with Gasteiger partial charge >= 0.3 is 0 Å². The van der Waals surface area contributed by atoms with Crippen LogP contribution in [0.4, 0.5) is 5.82 Å². The molecule has 1 saturated heterocycles. The lowest BCUT2D eigenvalue weighted by molar-refractivity contribution is 0.0945. The molecule has 126 valence electrons. The second-order valence-electron chi connectivity index (χ2n) is 5.80. The maximum Gasteiger partial charge on any atom is 0.271 e. The molecule has 1 aromatic carbocycles. The number of nitrogens with zero attached hydrogens (tertiary/aromatic N) is 3. The molecule has 1 N–H and O–H groups in total. The van der Waals surface area contributed by atoms with Gasteiger partial charge in [-0.1, -0.05) is 18.2 Å². The van der Waals surface area contributed by atoms with E-state index in [-0.39, 0.29) is 5.91 Å². The number of para-hydroxylation sites is 1. The highest BCUT2D eigenvalue weighted by molar-refractivity contribution is 5.92. The molecule has 2 heterocycles. The van der Waals surface area contributed by atoms with E-state index in [1.165, 1.54) is 19.3 Å². The SMILES string of the molecule is COc1ccccc1CNC(=O)c1cnc(N2CCCCC2)cn1. The zero-order chi connectivity index (χ0) is 16.8. The summed E-state index contributed by atoms with van der Waals surface area (Å²) in [6.45, 7) is 2.40. The molecule has 0 unspecified atom stereocenters. The zero-order valence-corrected chi connectivity index (χ0v) is 13.9. The van der Waals surface area contributed by atoms with Gasteiger partial charge in [0, 0.05) is 25.2 Å². The lowest BCUT2D eigenvalue weighted by Crippen LogP contribution is -2.30. The van der Waals surface area contributed by atoms with Crippen LogP contribution in [0.2, 0.25) is 0 Å². The van der Waals surface area contributed by atoms with Gasteiger partial charge in [-0.05, 0) is 25.3 Å². The summed E-state index contributed by atoms with van der Waals surface area (Å²) in [5.41, 5.74) is 1.25. The van der Waals surface area contributed by atoms with E-state index in [0.717, 1.165) is 30.2 Å². The van der Waals surface area contributed by atoms with Crippen LogP contribution in [-0.2, 0) is 6.54 Å². The molecule has 24 heavy (non-hydrogen) atoms. The fourth-order valence-electron chi connectivity index (χ4n) is 2.84. The van der Waals surface area contributed by atoms with E-state index < -0.39 is 0 Å². The van der Waals surface area contributed by atoms with Crippen LogP contribution in [0.3, 0.4) is 0 Å². The minimum atomic E-state index is -0.237. The molecule has 1 aliphatic heterocycles. The molecule has 0 aliphatic carbocycles. The number of anilines is 1. The fourth-order valence-corrected chi connectivity index (χ4v) is 2.84. The van der Waals surface area contributed by atoms with E-state index in [1.54, 1.807) is 19.5 Å². The summed E-state index contributed by atoms with van der Waals surface area (Å²) in [6.07, 6.45) is 6.86. The first-order valence-corrected chi connectivity index (χ1v) is 8.25. The van der Waals surface area contributed by atoms with E-state index in [2.05, 4.69) is 20.2 Å². The first kappa shape index (κ1) is 16.2. The van der Waals surface area contributed by atoms with E-state index in [1.807, 2.05) is 24.3 Å². The molecule has 0 saturated carbocycles. The van der Waals surface area contributed by atoms with Crippen molar-refractivity contribution in [3.05, 3.63) is 47.9 Å². The molecule has 2 aromatic rings. The number of piperidine rings is 1. The van der Waals surface area contributed by atoms with Crippen LogP contribution in [0.5, 0.6) is 5.75 Å². The minimum Gasteiger partial charge on any atom is -0.496 e. The Balaban J connectivity index is 1.60. The first-order chi connectivity index (χ1) is 11.8. The highest BCUT2D eigenvalue weighted by Gasteiger charge is 2.14. The number of hydrogen-bond acceptors (Lipinski definition) is 5. The van der Waals surface area contributed by atoms with Crippen LogP contribution in [0.1, 0.15) is 35.3 Å². The summed E-state index contributed by atoms with van der Waals surface area (Å²) in [4.78, 5) is 23.1. The van der Waals surface area contributed by atoms with Crippen molar-refractivity contribution in [3.8, 4) is 5.75 Å². The number of ether oxygens (including phenoxy) is 1. The zero-order valence-electron chi connectivity index (χ0n) is 13.9. The minimum absolute atomic E-state index is 0.237. The molecule has 0 atom stereocenters. The topological polar surface area (TPSA) is 67.3 Å². The molecule has 0 radical (unpaired) electrons. The lowest BCUT2D eigenvalue weighted by Gasteiger charge is -2.27. The van der Waals surface area contributed by atoms with Gasteiger partial charge in [0.15, 0.2) is 0 Å². The largest absolute Gasteiger partial charge is 0.496 e. The molecular formula is C18H22N4O2. The average molecular weight is 326 g/mol. The summed E-state index contributed by atoms with van der Waals surface area (Å²) < 4.78 is 5.28. The second kappa shape index (κ2) is 7.77. The number of rotatable bonds is 5. The van der Waals surface area contributed by atoms with Crippen LogP contribution in [0, 0.1) is 0 Å². The summed E-state index contributed by atoms with van der Waals surface area (Å²) in [5, 5.41) is 2.85. The molecule has 0 spiro atoms. The molecule has 6 nitrogen and oxygen atoms in total. The molecule has 1 fully saturated rings. The Hall–Kier alpha value is -2.63. The van der Waals surface area contributed by atoms with Crippen molar-refractivity contribution in [3.63, 3.8) is 0 Å². The number of aromatic nitrogens is 2. The predicted molar refractivity (Wildman–Crippen MR) is 92.3 cm³/mol. The normalized spacial score (nSPS) is 14.3. The standard InChI is InChI=1S/C18H22N4O2/c1-24-16-8-4-3-7-14(16)11-21-18(23)15-12-20-17(13-19-15)22-9-5-2-6-10-22/h3-4,7-8,12-13H,2,5-6,9-11H2,1H3,(H,21,23). The van der Waals surface area contributed by atoms with Crippen LogP contribution < -0.4 is 15.0 Å². The van der Waals surface area contributed by atoms with Gasteiger partial charge in [0.1, 0.15) is 17.3 Å². The molecule has 0 bridgehead atoms. The Morgan fingerprint density at radius 3 is 2.67 bits per heavy atom. The number of benzene rings is 1. The third-order valence-corrected chi connectivity index (χ3v) is 4.18. The molecule has 6 heteroatoms. The van der Waals surface area contributed by atoms with E-state index in [9.17, 15) is 4.79 Å². The third-order valence-electron chi connectivity index (χ3n) is 4.18. The number of carbonyl (C=O) groups excluding carboxylic acids is 1. The van der Waals surface area contributed by atoms with Gasteiger partial charge in [0.25, 0.3) is 5.91 Å². The Morgan fingerprint density at radius 1 is 1.17 bits per heavy atom. The maximum absolute atomic E-state index is 12.2. The highest BCUT2D eigenvalue weighted by Crippen LogP contribution is 2.18. The Morgan fingerprint density at radius 2 is 1.96 bits per heavy atom. The summed E-state index contributed by atoms with van der Waals surface area (Å²) in [7, 11) is 1.62. The van der Waals surface area contributed by atoms with Crippen LogP contribution in [0.15, 0.2) is 36.7 Å². The van der Waals surface area contributed by atoms with Crippen molar-refractivity contribution in [1.82, 2.24) is 15.3 Å². The smallest absolute Gasteiger partial charge is 0.271 e. The Kier molecular flexibility index (Phi) is 5.25. The molecule has 3 rings (SSSR count). The van der Waals surface area contributed by atoms with Crippen molar-refractivity contribution < 1.29 is 9.53 Å². The number of amides is 1. The van der Waals surface area contributed by atoms with Gasteiger partial charge in [0.2, 0.25) is 0 Å². The van der Waals surface area contributed by atoms with E-state index in [0.29, 0.717) is 12.2 Å². The Bertz CT molecular complexity index is 682. The van der Waals surface area contributed by atoms with Gasteiger partial charge in [-0.15, -0.1) is 0 Å². The van der Waals surface area contributed by atoms with Crippen molar-refractivity contribution >= 4 is 11.7 Å². The summed E-state index contributed by atoms with van der Waals surface area (Å²) in [5.74, 6) is 1.36. The monoisotopic (exact) mass is 326 g/mol. The number of nitrogens with one attached hydrogen (secondary N) is 1. The number of carbonyl (C=O) groups is 1. The van der Waals surface area contributed by atoms with E-state index in [4.69, 9.17) is 4.74 Å². The van der Waals surface area contributed by atoms with Gasteiger partial charge in [-0.3, -0.25) is 4.79 Å². The van der Waals surface area contributed by atoms with Gasteiger partial charge in [0.05, 0.1) is 19.5 Å². The first-order valence-electron chi connectivity index (χ1n) is 8.25. The van der Waals surface area contributed by atoms with Gasteiger partial charge in [-0.2, -0.15) is 0 Å². The van der Waals surface area contributed by atoms with Gasteiger partial charge < -0.3 is 15.0 Å². The third kappa shape index (κ3) is 3.82. The quantitative estimate of drug-likeness (QED) is 0.914. The predicted octanol–water partition coefficient (Wildman–Crippen LogP) is 2.41. The van der Waals surface area contributed by atoms with Gasteiger partial charge in [-0.25, -0.2) is 9.97 Å².